The van der Waals surface area contributed by atoms with E-state index >= 15 is 0 Å². The van der Waals surface area contributed by atoms with Gasteiger partial charge in [-0.05, 0) is 25.1 Å². The average Bonchev–Trinajstić information content (AvgIpc) is 2.39. The first-order valence-electron chi connectivity index (χ1n) is 5.80. The van der Waals surface area contributed by atoms with Crippen LogP contribution in [0.5, 0.6) is 11.5 Å². The molecule has 0 radical (unpaired) electrons. The largest absolute Gasteiger partial charge is 0.456 e. The van der Waals surface area contributed by atoms with E-state index in [2.05, 4.69) is 4.98 Å². The van der Waals surface area contributed by atoms with Gasteiger partial charge < -0.3 is 10.5 Å². The summed E-state index contributed by atoms with van der Waals surface area (Å²) in [6, 6.07) is 7.48. The van der Waals surface area contributed by atoms with Crippen LogP contribution in [0.1, 0.15) is 18.7 Å². The molecule has 1 heterocycles. The Morgan fingerprint density at radius 1 is 1.35 bits per heavy atom. The van der Waals surface area contributed by atoms with Crippen LogP contribution in [-0.2, 0) is 0 Å². The van der Waals surface area contributed by atoms with Crippen molar-refractivity contribution in [2.24, 2.45) is 5.73 Å². The number of hydrogen-bond acceptors (Lipinski definition) is 5. The van der Waals surface area contributed by atoms with Crippen molar-refractivity contribution in [2.45, 2.75) is 13.0 Å². The van der Waals surface area contributed by atoms with Crippen molar-refractivity contribution in [3.05, 3.63) is 57.4 Å². The van der Waals surface area contributed by atoms with E-state index in [9.17, 15) is 10.1 Å². The van der Waals surface area contributed by atoms with Crippen LogP contribution in [0.15, 0.2) is 36.5 Å². The summed E-state index contributed by atoms with van der Waals surface area (Å²) in [4.78, 5) is 14.3. The van der Waals surface area contributed by atoms with E-state index in [1.165, 1.54) is 24.4 Å². The van der Waals surface area contributed by atoms with Crippen LogP contribution in [0.25, 0.3) is 0 Å². The molecule has 2 N–H and O–H groups in total. The summed E-state index contributed by atoms with van der Waals surface area (Å²) < 4.78 is 5.52. The Bertz CT molecular complexity index is 629. The molecular formula is C13H12ClN3O3. The van der Waals surface area contributed by atoms with Crippen molar-refractivity contribution in [1.82, 2.24) is 4.98 Å². The second kappa shape index (κ2) is 5.85. The van der Waals surface area contributed by atoms with Gasteiger partial charge in [0, 0.05) is 18.2 Å². The lowest BCUT2D eigenvalue weighted by Crippen LogP contribution is -2.06. The van der Waals surface area contributed by atoms with Gasteiger partial charge in [-0.1, -0.05) is 11.6 Å². The molecule has 0 spiro atoms. The standard InChI is InChI=1S/C13H12ClN3O3/c1-8(15)12-4-2-10(7-16-12)20-9-3-5-13(17(18)19)11(14)6-9/h2-8H,15H2,1H3/t8-/m0/s1. The highest BCUT2D eigenvalue weighted by Crippen LogP contribution is 2.30. The van der Waals surface area contributed by atoms with E-state index in [4.69, 9.17) is 22.1 Å². The Morgan fingerprint density at radius 3 is 2.55 bits per heavy atom. The highest BCUT2D eigenvalue weighted by atomic mass is 35.5. The topological polar surface area (TPSA) is 91.3 Å². The van der Waals surface area contributed by atoms with Gasteiger partial charge in [0.25, 0.3) is 5.69 Å². The summed E-state index contributed by atoms with van der Waals surface area (Å²) in [5.41, 5.74) is 6.28. The third-order valence-corrected chi connectivity index (χ3v) is 2.88. The molecule has 0 aliphatic rings. The van der Waals surface area contributed by atoms with Gasteiger partial charge in [-0.2, -0.15) is 0 Å². The Morgan fingerprint density at radius 2 is 2.05 bits per heavy atom. The van der Waals surface area contributed by atoms with Gasteiger partial charge in [0.15, 0.2) is 0 Å². The number of pyridine rings is 1. The molecule has 0 amide bonds. The minimum absolute atomic E-state index is 0.0210. The molecule has 1 aromatic heterocycles. The molecule has 6 nitrogen and oxygen atoms in total. The van der Waals surface area contributed by atoms with Gasteiger partial charge in [0.1, 0.15) is 16.5 Å². The van der Waals surface area contributed by atoms with E-state index in [0.717, 1.165) is 5.69 Å². The van der Waals surface area contributed by atoms with Crippen molar-refractivity contribution in [2.75, 3.05) is 0 Å². The van der Waals surface area contributed by atoms with Crippen LogP contribution in [0, 0.1) is 10.1 Å². The lowest BCUT2D eigenvalue weighted by Gasteiger charge is -2.08. The van der Waals surface area contributed by atoms with Gasteiger partial charge in [-0.15, -0.1) is 0 Å². The molecule has 2 rings (SSSR count). The maximum absolute atomic E-state index is 10.7. The molecule has 104 valence electrons. The molecule has 0 saturated heterocycles. The molecule has 0 unspecified atom stereocenters. The smallest absolute Gasteiger partial charge is 0.288 e. The molecule has 7 heteroatoms. The minimum atomic E-state index is -0.550. The fourth-order valence-corrected chi connectivity index (χ4v) is 1.80. The van der Waals surface area contributed by atoms with Crippen LogP contribution in [0.2, 0.25) is 5.02 Å². The SMILES string of the molecule is C[C@H](N)c1ccc(Oc2ccc([N+](=O)[O-])c(Cl)c2)cn1. The van der Waals surface area contributed by atoms with Crippen molar-refractivity contribution in [3.8, 4) is 11.5 Å². The molecule has 0 aliphatic heterocycles. The maximum atomic E-state index is 10.7. The van der Waals surface area contributed by atoms with E-state index in [0.29, 0.717) is 11.5 Å². The first-order valence-corrected chi connectivity index (χ1v) is 6.18. The predicted molar refractivity (Wildman–Crippen MR) is 75.0 cm³/mol. The monoisotopic (exact) mass is 293 g/mol. The number of hydrogen-bond donors (Lipinski definition) is 1. The normalized spacial score (nSPS) is 11.9. The summed E-state index contributed by atoms with van der Waals surface area (Å²) >= 11 is 5.80. The zero-order valence-corrected chi connectivity index (χ0v) is 11.4. The number of aromatic nitrogens is 1. The van der Waals surface area contributed by atoms with Crippen molar-refractivity contribution in [1.29, 1.82) is 0 Å². The summed E-state index contributed by atoms with van der Waals surface area (Å²) in [7, 11) is 0. The lowest BCUT2D eigenvalue weighted by atomic mass is 10.2. The number of halogens is 1. The molecule has 2 aromatic rings. The molecular weight excluding hydrogens is 282 g/mol. The first kappa shape index (κ1) is 14.2. The number of benzene rings is 1. The number of nitro groups is 1. The van der Waals surface area contributed by atoms with E-state index < -0.39 is 4.92 Å². The number of nitrogens with two attached hydrogens (primary N) is 1. The Labute approximate surface area is 120 Å². The van der Waals surface area contributed by atoms with Crippen molar-refractivity contribution >= 4 is 17.3 Å². The van der Waals surface area contributed by atoms with Gasteiger partial charge >= 0.3 is 0 Å². The number of nitrogens with zero attached hydrogens (tertiary/aromatic N) is 2. The minimum Gasteiger partial charge on any atom is -0.456 e. The van der Waals surface area contributed by atoms with Gasteiger partial charge in [-0.25, -0.2) is 0 Å². The Balaban J connectivity index is 2.17. The summed E-state index contributed by atoms with van der Waals surface area (Å²) in [5.74, 6) is 0.898. The van der Waals surface area contributed by atoms with Crippen LogP contribution < -0.4 is 10.5 Å². The number of rotatable bonds is 4. The molecule has 0 saturated carbocycles. The van der Waals surface area contributed by atoms with E-state index in [-0.39, 0.29) is 16.8 Å². The molecule has 1 atom stereocenters. The third kappa shape index (κ3) is 3.23. The van der Waals surface area contributed by atoms with Crippen LogP contribution in [-0.4, -0.2) is 9.91 Å². The second-order valence-electron chi connectivity index (χ2n) is 4.18. The predicted octanol–water partition coefficient (Wildman–Crippen LogP) is 3.46. The Hall–Kier alpha value is -2.18. The zero-order valence-electron chi connectivity index (χ0n) is 10.6. The number of nitro benzene ring substituents is 1. The van der Waals surface area contributed by atoms with Gasteiger partial charge in [-0.3, -0.25) is 15.1 Å². The highest BCUT2D eigenvalue weighted by Gasteiger charge is 2.13. The molecule has 0 bridgehead atoms. The molecule has 0 fully saturated rings. The third-order valence-electron chi connectivity index (χ3n) is 2.58. The van der Waals surface area contributed by atoms with Crippen LogP contribution in [0.3, 0.4) is 0 Å². The van der Waals surface area contributed by atoms with E-state index in [1.807, 2.05) is 6.92 Å². The van der Waals surface area contributed by atoms with Crippen LogP contribution >= 0.6 is 11.6 Å². The molecule has 20 heavy (non-hydrogen) atoms. The summed E-state index contributed by atoms with van der Waals surface area (Å²) in [6.45, 7) is 1.83. The van der Waals surface area contributed by atoms with Gasteiger partial charge in [0.2, 0.25) is 0 Å². The second-order valence-corrected chi connectivity index (χ2v) is 4.59. The molecule has 0 aliphatic carbocycles. The van der Waals surface area contributed by atoms with Gasteiger partial charge in [0.05, 0.1) is 16.8 Å². The van der Waals surface area contributed by atoms with Crippen molar-refractivity contribution in [3.63, 3.8) is 0 Å². The fraction of sp³-hybridized carbons (Fsp3) is 0.154. The fourth-order valence-electron chi connectivity index (χ4n) is 1.56. The van der Waals surface area contributed by atoms with Crippen molar-refractivity contribution < 1.29 is 9.66 Å². The number of ether oxygens (including phenoxy) is 1. The summed E-state index contributed by atoms with van der Waals surface area (Å²) in [6.07, 6.45) is 1.54. The summed E-state index contributed by atoms with van der Waals surface area (Å²) in [5, 5.41) is 10.7. The quantitative estimate of drug-likeness (QED) is 0.688. The molecule has 1 aromatic carbocycles. The maximum Gasteiger partial charge on any atom is 0.288 e. The van der Waals surface area contributed by atoms with E-state index in [1.54, 1.807) is 12.1 Å². The zero-order chi connectivity index (χ0) is 14.7. The first-order chi connectivity index (χ1) is 9.47. The lowest BCUT2D eigenvalue weighted by molar-refractivity contribution is -0.384. The van der Waals surface area contributed by atoms with Crippen LogP contribution in [0.4, 0.5) is 5.69 Å². The Kier molecular flexibility index (Phi) is 4.16. The average molecular weight is 294 g/mol. The highest BCUT2D eigenvalue weighted by molar-refractivity contribution is 6.32.